The molecular weight excluding hydrogens is 465 g/mol. The van der Waals surface area contributed by atoms with Crippen molar-refractivity contribution in [1.82, 2.24) is 19.6 Å². The maximum absolute atomic E-state index is 6.08. The van der Waals surface area contributed by atoms with Crippen molar-refractivity contribution in [2.75, 3.05) is 20.1 Å². The van der Waals surface area contributed by atoms with Crippen LogP contribution < -0.4 is 10.1 Å². The molecule has 7 heteroatoms. The van der Waals surface area contributed by atoms with E-state index in [-0.39, 0.29) is 30.1 Å². The van der Waals surface area contributed by atoms with Crippen LogP contribution in [-0.2, 0) is 6.54 Å². The Morgan fingerprint density at radius 1 is 1.14 bits per heavy atom. The number of para-hydroxylation sites is 1. The van der Waals surface area contributed by atoms with Gasteiger partial charge >= 0.3 is 0 Å². The number of hydrogen-bond acceptors (Lipinski definition) is 3. The minimum atomic E-state index is 0. The molecule has 148 valence electrons. The molecule has 3 heterocycles. The molecule has 2 aromatic heterocycles. The summed E-state index contributed by atoms with van der Waals surface area (Å²) in [5.41, 5.74) is 1.97. The summed E-state index contributed by atoms with van der Waals surface area (Å²) in [6.45, 7) is 2.53. The first kappa shape index (κ1) is 20.4. The Hall–Kier alpha value is -2.29. The Morgan fingerprint density at radius 3 is 2.61 bits per heavy atom. The van der Waals surface area contributed by atoms with Gasteiger partial charge in [0.2, 0.25) is 0 Å². The number of rotatable bonds is 4. The van der Waals surface area contributed by atoms with Gasteiger partial charge in [-0.2, -0.15) is 0 Å². The van der Waals surface area contributed by atoms with Crippen LogP contribution in [0.25, 0.3) is 5.65 Å². The first-order valence-corrected chi connectivity index (χ1v) is 9.42. The van der Waals surface area contributed by atoms with E-state index in [2.05, 4.69) is 26.4 Å². The van der Waals surface area contributed by atoms with Gasteiger partial charge in [0, 0.05) is 45.4 Å². The van der Waals surface area contributed by atoms with Gasteiger partial charge in [0.1, 0.15) is 17.5 Å². The molecule has 4 rings (SSSR count). The monoisotopic (exact) mass is 491 g/mol. The lowest BCUT2D eigenvalue weighted by Crippen LogP contribution is -2.47. The Morgan fingerprint density at radius 2 is 1.89 bits per heavy atom. The predicted molar refractivity (Wildman–Crippen MR) is 122 cm³/mol. The summed E-state index contributed by atoms with van der Waals surface area (Å²) in [6.07, 6.45) is 6.31. The number of pyridine rings is 1. The van der Waals surface area contributed by atoms with Gasteiger partial charge in [0.15, 0.2) is 5.96 Å². The lowest BCUT2D eigenvalue weighted by atomic mass is 10.1. The number of halogens is 1. The quantitative estimate of drug-likeness (QED) is 0.345. The van der Waals surface area contributed by atoms with Crippen LogP contribution in [0.4, 0.5) is 0 Å². The van der Waals surface area contributed by atoms with Crippen molar-refractivity contribution < 1.29 is 4.74 Å². The van der Waals surface area contributed by atoms with Crippen LogP contribution in [0, 0.1) is 0 Å². The topological polar surface area (TPSA) is 54.2 Å². The summed E-state index contributed by atoms with van der Waals surface area (Å²) in [4.78, 5) is 11.4. The zero-order valence-corrected chi connectivity index (χ0v) is 18.3. The van der Waals surface area contributed by atoms with Crippen LogP contribution in [0.15, 0.2) is 65.9 Å². The van der Waals surface area contributed by atoms with E-state index in [1.807, 2.05) is 66.2 Å². The molecule has 0 aliphatic carbocycles. The van der Waals surface area contributed by atoms with Crippen molar-refractivity contribution in [1.29, 1.82) is 0 Å². The number of nitrogens with one attached hydrogen (secondary N) is 1. The van der Waals surface area contributed by atoms with E-state index < -0.39 is 0 Å². The van der Waals surface area contributed by atoms with Gasteiger partial charge < -0.3 is 19.4 Å². The van der Waals surface area contributed by atoms with Gasteiger partial charge in [-0.25, -0.2) is 4.98 Å². The van der Waals surface area contributed by atoms with Crippen molar-refractivity contribution in [3.05, 3.63) is 66.6 Å². The summed E-state index contributed by atoms with van der Waals surface area (Å²) in [6, 6.07) is 16.1. The van der Waals surface area contributed by atoms with E-state index in [4.69, 9.17) is 4.74 Å². The smallest absolute Gasteiger partial charge is 0.193 e. The highest BCUT2D eigenvalue weighted by molar-refractivity contribution is 14.0. The lowest BCUT2D eigenvalue weighted by Gasteiger charge is -2.34. The number of guanidine groups is 1. The molecule has 1 aliphatic rings. The van der Waals surface area contributed by atoms with Crippen LogP contribution in [-0.4, -0.2) is 46.5 Å². The second kappa shape index (κ2) is 9.77. The highest BCUT2D eigenvalue weighted by atomic mass is 127. The minimum Gasteiger partial charge on any atom is -0.490 e. The van der Waals surface area contributed by atoms with E-state index in [0.29, 0.717) is 6.54 Å². The number of piperidine rings is 1. The molecule has 0 atom stereocenters. The van der Waals surface area contributed by atoms with E-state index >= 15 is 0 Å². The fourth-order valence-corrected chi connectivity index (χ4v) is 3.45. The van der Waals surface area contributed by atoms with Gasteiger partial charge in [0.25, 0.3) is 0 Å². The summed E-state index contributed by atoms with van der Waals surface area (Å²) in [7, 11) is 1.83. The van der Waals surface area contributed by atoms with Crippen LogP contribution in [0.1, 0.15) is 18.5 Å². The molecule has 0 amide bonds. The highest BCUT2D eigenvalue weighted by Gasteiger charge is 2.22. The third-order valence-corrected chi connectivity index (χ3v) is 4.84. The molecule has 0 radical (unpaired) electrons. The Kier molecular flexibility index (Phi) is 7.13. The second-order valence-electron chi connectivity index (χ2n) is 6.72. The maximum atomic E-state index is 6.08. The number of benzene rings is 1. The number of imidazole rings is 1. The van der Waals surface area contributed by atoms with Gasteiger partial charge in [-0.1, -0.05) is 24.3 Å². The SMILES string of the molecule is CN=C(NCc1cn2ccccc2n1)N1CCC(Oc2ccccc2)CC1.I. The number of aliphatic imine (C=N–C) groups is 1. The van der Waals surface area contributed by atoms with Crippen LogP contribution in [0.3, 0.4) is 0 Å². The normalized spacial score (nSPS) is 15.3. The largest absolute Gasteiger partial charge is 0.490 e. The molecule has 1 saturated heterocycles. The number of fused-ring (bicyclic) bond motifs is 1. The summed E-state index contributed by atoms with van der Waals surface area (Å²) >= 11 is 0. The second-order valence-corrected chi connectivity index (χ2v) is 6.72. The third-order valence-electron chi connectivity index (χ3n) is 4.84. The van der Waals surface area contributed by atoms with Gasteiger partial charge in [-0.05, 0) is 24.3 Å². The van der Waals surface area contributed by atoms with Crippen molar-refractivity contribution in [2.24, 2.45) is 4.99 Å². The standard InChI is InChI=1S/C21H25N5O.HI/c1-22-21(23-15-17-16-26-12-6-5-9-20(26)24-17)25-13-10-19(11-14-25)27-18-7-3-2-4-8-18;/h2-9,12,16,19H,10-11,13-15H2,1H3,(H,22,23);1H. The van der Waals surface area contributed by atoms with E-state index in [0.717, 1.165) is 49.0 Å². The Bertz CT molecular complexity index is 870. The average molecular weight is 491 g/mol. The molecular formula is C21H26IN5O. The number of nitrogens with zero attached hydrogens (tertiary/aromatic N) is 4. The number of ether oxygens (including phenoxy) is 1. The van der Waals surface area contributed by atoms with Crippen LogP contribution >= 0.6 is 24.0 Å². The molecule has 6 nitrogen and oxygen atoms in total. The maximum Gasteiger partial charge on any atom is 0.193 e. The van der Waals surface area contributed by atoms with Crippen molar-refractivity contribution in [2.45, 2.75) is 25.5 Å². The molecule has 0 saturated carbocycles. The van der Waals surface area contributed by atoms with E-state index in [9.17, 15) is 0 Å². The molecule has 1 fully saturated rings. The number of likely N-dealkylation sites (tertiary alicyclic amines) is 1. The van der Waals surface area contributed by atoms with Gasteiger partial charge in [-0.15, -0.1) is 24.0 Å². The Balaban J connectivity index is 0.00000225. The third kappa shape index (κ3) is 4.95. The fraction of sp³-hybridized carbons (Fsp3) is 0.333. The molecule has 0 spiro atoms. The summed E-state index contributed by atoms with van der Waals surface area (Å²) in [5.74, 6) is 1.87. The predicted octanol–water partition coefficient (Wildman–Crippen LogP) is 3.57. The lowest BCUT2D eigenvalue weighted by molar-refractivity contribution is 0.129. The van der Waals surface area contributed by atoms with E-state index in [1.54, 1.807) is 0 Å². The summed E-state index contributed by atoms with van der Waals surface area (Å²) < 4.78 is 8.11. The summed E-state index contributed by atoms with van der Waals surface area (Å²) in [5, 5.41) is 3.44. The van der Waals surface area contributed by atoms with Gasteiger partial charge in [0.05, 0.1) is 12.2 Å². The first-order chi connectivity index (χ1) is 13.3. The number of hydrogen-bond donors (Lipinski definition) is 1. The first-order valence-electron chi connectivity index (χ1n) is 9.42. The van der Waals surface area contributed by atoms with Gasteiger partial charge in [-0.3, -0.25) is 4.99 Å². The molecule has 3 aromatic rings. The highest BCUT2D eigenvalue weighted by Crippen LogP contribution is 2.18. The zero-order valence-electron chi connectivity index (χ0n) is 16.0. The fourth-order valence-electron chi connectivity index (χ4n) is 3.45. The van der Waals surface area contributed by atoms with Crippen molar-refractivity contribution >= 4 is 35.6 Å². The molecule has 1 aromatic carbocycles. The molecule has 0 unspecified atom stereocenters. The molecule has 1 N–H and O–H groups in total. The zero-order chi connectivity index (χ0) is 18.5. The van der Waals surface area contributed by atoms with Crippen LogP contribution in [0.5, 0.6) is 5.75 Å². The average Bonchev–Trinajstić information content (AvgIpc) is 3.13. The van der Waals surface area contributed by atoms with Crippen LogP contribution in [0.2, 0.25) is 0 Å². The number of aromatic nitrogens is 2. The minimum absolute atomic E-state index is 0. The van der Waals surface area contributed by atoms with Crippen molar-refractivity contribution in [3.8, 4) is 5.75 Å². The van der Waals surface area contributed by atoms with E-state index in [1.165, 1.54) is 0 Å². The van der Waals surface area contributed by atoms with Crippen molar-refractivity contribution in [3.63, 3.8) is 0 Å². The Labute approximate surface area is 182 Å². The molecule has 1 aliphatic heterocycles. The molecule has 0 bridgehead atoms. The molecule has 28 heavy (non-hydrogen) atoms.